The first-order valence-electron chi connectivity index (χ1n) is 10.1. The molecule has 0 aliphatic carbocycles. The summed E-state index contributed by atoms with van der Waals surface area (Å²) in [7, 11) is 0. The lowest BCUT2D eigenvalue weighted by atomic mass is 10.1. The zero-order valence-electron chi connectivity index (χ0n) is 17.4. The van der Waals surface area contributed by atoms with Gasteiger partial charge in [-0.3, -0.25) is 19.5 Å². The number of carbonyl (C=O) groups excluding carboxylic acids is 2. The molecule has 0 spiro atoms. The monoisotopic (exact) mass is 516 g/mol. The van der Waals surface area contributed by atoms with Gasteiger partial charge in [0.25, 0.3) is 0 Å². The summed E-state index contributed by atoms with van der Waals surface area (Å²) in [6, 6.07) is 10.1. The van der Waals surface area contributed by atoms with Crippen LogP contribution in [0.15, 0.2) is 35.3 Å². The number of piperidine rings is 1. The summed E-state index contributed by atoms with van der Waals surface area (Å²) >= 11 is 0. The lowest BCUT2D eigenvalue weighted by Crippen LogP contribution is -2.46. The Balaban J connectivity index is 0.00000420. The molecule has 1 aromatic carbocycles. The van der Waals surface area contributed by atoms with E-state index in [4.69, 9.17) is 4.74 Å². The first kappa shape index (κ1) is 25.4. The molecule has 1 aromatic rings. The molecule has 1 aliphatic rings. The third kappa shape index (κ3) is 9.58. The van der Waals surface area contributed by atoms with E-state index in [-0.39, 0.29) is 41.7 Å². The third-order valence-electron chi connectivity index (χ3n) is 4.43. The van der Waals surface area contributed by atoms with Crippen molar-refractivity contribution in [1.29, 1.82) is 0 Å². The molecule has 8 heteroatoms. The number of ether oxygens (including phenoxy) is 1. The van der Waals surface area contributed by atoms with Crippen molar-refractivity contribution in [3.05, 3.63) is 35.9 Å². The minimum atomic E-state index is -0.0795. The number of halogens is 1. The lowest BCUT2D eigenvalue weighted by Gasteiger charge is -2.25. The summed E-state index contributed by atoms with van der Waals surface area (Å²) in [5.41, 5.74) is 1.16. The van der Waals surface area contributed by atoms with Gasteiger partial charge < -0.3 is 15.4 Å². The van der Waals surface area contributed by atoms with E-state index in [0.29, 0.717) is 58.1 Å². The second-order valence-corrected chi connectivity index (χ2v) is 7.04. The van der Waals surface area contributed by atoms with Crippen LogP contribution < -0.4 is 10.6 Å². The highest BCUT2D eigenvalue weighted by atomic mass is 127. The predicted molar refractivity (Wildman–Crippen MR) is 125 cm³/mol. The summed E-state index contributed by atoms with van der Waals surface area (Å²) < 4.78 is 5.77. The van der Waals surface area contributed by atoms with Crippen molar-refractivity contribution in [3.8, 4) is 0 Å². The fourth-order valence-electron chi connectivity index (χ4n) is 2.93. The van der Waals surface area contributed by atoms with Crippen molar-refractivity contribution in [2.45, 2.75) is 39.7 Å². The number of benzene rings is 1. The Labute approximate surface area is 190 Å². The highest BCUT2D eigenvalue weighted by Gasteiger charge is 2.25. The van der Waals surface area contributed by atoms with E-state index in [1.807, 2.05) is 37.3 Å². The molecular weight excluding hydrogens is 483 g/mol. The van der Waals surface area contributed by atoms with E-state index in [0.717, 1.165) is 12.1 Å². The first-order valence-corrected chi connectivity index (χ1v) is 10.1. The Morgan fingerprint density at radius 3 is 2.52 bits per heavy atom. The number of rotatable bonds is 10. The third-order valence-corrected chi connectivity index (χ3v) is 4.43. The van der Waals surface area contributed by atoms with Crippen LogP contribution in [0.1, 0.15) is 38.7 Å². The van der Waals surface area contributed by atoms with Crippen LogP contribution in [0.3, 0.4) is 0 Å². The van der Waals surface area contributed by atoms with Crippen molar-refractivity contribution in [2.75, 3.05) is 32.8 Å². The van der Waals surface area contributed by atoms with E-state index in [9.17, 15) is 9.59 Å². The van der Waals surface area contributed by atoms with E-state index in [2.05, 4.69) is 22.5 Å². The fraction of sp³-hybridized carbons (Fsp3) is 0.571. The number of aliphatic imine (C=N–C) groups is 1. The van der Waals surface area contributed by atoms with Crippen LogP contribution in [0.4, 0.5) is 0 Å². The van der Waals surface area contributed by atoms with E-state index < -0.39 is 0 Å². The summed E-state index contributed by atoms with van der Waals surface area (Å²) in [5.74, 6) is 0.812. The topological polar surface area (TPSA) is 83.0 Å². The number of nitrogens with zero attached hydrogens (tertiary/aromatic N) is 2. The molecular formula is C21H33IN4O3. The molecule has 1 aliphatic heterocycles. The SMILES string of the molecule is CCNC(=NCC(C)COCc1ccccc1)NCCN1C(=O)CCCC1=O.I. The Kier molecular flexibility index (Phi) is 12.5. The molecule has 2 rings (SSSR count). The number of nitrogens with one attached hydrogen (secondary N) is 2. The Morgan fingerprint density at radius 2 is 1.86 bits per heavy atom. The van der Waals surface area contributed by atoms with Crippen LogP contribution in [-0.4, -0.2) is 55.5 Å². The van der Waals surface area contributed by atoms with E-state index in [1.54, 1.807) is 0 Å². The Bertz CT molecular complexity index is 639. The quantitative estimate of drug-likeness (QED) is 0.216. The lowest BCUT2D eigenvalue weighted by molar-refractivity contribution is -0.147. The number of hydrogen-bond acceptors (Lipinski definition) is 4. The molecule has 1 fully saturated rings. The van der Waals surface area contributed by atoms with Crippen molar-refractivity contribution in [2.24, 2.45) is 10.9 Å². The van der Waals surface area contributed by atoms with Gasteiger partial charge in [0.05, 0.1) is 13.2 Å². The molecule has 1 atom stereocenters. The average molecular weight is 516 g/mol. The largest absolute Gasteiger partial charge is 0.376 e. The van der Waals surface area contributed by atoms with E-state index in [1.165, 1.54) is 4.90 Å². The molecule has 1 heterocycles. The second-order valence-electron chi connectivity index (χ2n) is 7.04. The van der Waals surface area contributed by atoms with Gasteiger partial charge in [-0.15, -0.1) is 24.0 Å². The van der Waals surface area contributed by atoms with Crippen LogP contribution in [0, 0.1) is 5.92 Å². The summed E-state index contributed by atoms with van der Waals surface area (Å²) in [6.45, 7) is 7.57. The summed E-state index contributed by atoms with van der Waals surface area (Å²) in [6.07, 6.45) is 1.58. The van der Waals surface area contributed by atoms with E-state index >= 15 is 0 Å². The van der Waals surface area contributed by atoms with Crippen LogP contribution >= 0.6 is 24.0 Å². The Hall–Kier alpha value is -1.68. The van der Waals surface area contributed by atoms with Crippen molar-refractivity contribution < 1.29 is 14.3 Å². The van der Waals surface area contributed by atoms with Crippen LogP contribution in [0.25, 0.3) is 0 Å². The number of guanidine groups is 1. The number of imide groups is 1. The highest BCUT2D eigenvalue weighted by Crippen LogP contribution is 2.11. The maximum absolute atomic E-state index is 11.8. The molecule has 0 radical (unpaired) electrons. The van der Waals surface area contributed by atoms with Gasteiger partial charge in [0.1, 0.15) is 0 Å². The standard InChI is InChI=1S/C21H32N4O3.HI/c1-3-22-21(23-12-13-25-19(26)10-7-11-20(25)27)24-14-17(2)15-28-16-18-8-5-4-6-9-18;/h4-6,8-9,17H,3,7,10-16H2,1-2H3,(H2,22,23,24);1H. The summed E-state index contributed by atoms with van der Waals surface area (Å²) in [5, 5.41) is 6.39. The molecule has 1 saturated heterocycles. The maximum Gasteiger partial charge on any atom is 0.229 e. The minimum Gasteiger partial charge on any atom is -0.376 e. The molecule has 2 amide bonds. The minimum absolute atomic E-state index is 0. The Morgan fingerprint density at radius 1 is 1.17 bits per heavy atom. The number of hydrogen-bond donors (Lipinski definition) is 2. The highest BCUT2D eigenvalue weighted by molar-refractivity contribution is 14.0. The second kappa shape index (κ2) is 14.3. The zero-order valence-corrected chi connectivity index (χ0v) is 19.7. The van der Waals surface area contributed by atoms with Gasteiger partial charge in [-0.05, 0) is 24.8 Å². The first-order chi connectivity index (χ1) is 13.6. The number of likely N-dealkylation sites (tertiary alicyclic amines) is 1. The molecule has 1 unspecified atom stereocenters. The van der Waals surface area contributed by atoms with Gasteiger partial charge in [0.15, 0.2) is 5.96 Å². The molecule has 162 valence electrons. The van der Waals surface area contributed by atoms with Crippen LogP contribution in [0.2, 0.25) is 0 Å². The fourth-order valence-corrected chi connectivity index (χ4v) is 2.93. The van der Waals surface area contributed by atoms with Crippen LogP contribution in [0.5, 0.6) is 0 Å². The van der Waals surface area contributed by atoms with Crippen molar-refractivity contribution in [3.63, 3.8) is 0 Å². The molecule has 29 heavy (non-hydrogen) atoms. The predicted octanol–water partition coefficient (Wildman–Crippen LogP) is 2.55. The normalized spacial score (nSPS) is 15.7. The molecule has 0 saturated carbocycles. The van der Waals surface area contributed by atoms with Gasteiger partial charge in [-0.1, -0.05) is 37.3 Å². The molecule has 0 bridgehead atoms. The number of carbonyl (C=O) groups is 2. The van der Waals surface area contributed by atoms with Crippen molar-refractivity contribution >= 4 is 41.8 Å². The van der Waals surface area contributed by atoms with Crippen LogP contribution in [-0.2, 0) is 20.9 Å². The molecule has 2 N–H and O–H groups in total. The van der Waals surface area contributed by atoms with Gasteiger partial charge in [0.2, 0.25) is 11.8 Å². The maximum atomic E-state index is 11.8. The summed E-state index contributed by atoms with van der Waals surface area (Å²) in [4.78, 5) is 29.6. The van der Waals surface area contributed by atoms with Gasteiger partial charge in [-0.25, -0.2) is 0 Å². The van der Waals surface area contributed by atoms with Crippen molar-refractivity contribution in [1.82, 2.24) is 15.5 Å². The zero-order chi connectivity index (χ0) is 20.2. The molecule has 7 nitrogen and oxygen atoms in total. The van der Waals surface area contributed by atoms with Gasteiger partial charge >= 0.3 is 0 Å². The van der Waals surface area contributed by atoms with Gasteiger partial charge in [0, 0.05) is 39.0 Å². The molecule has 0 aromatic heterocycles. The smallest absolute Gasteiger partial charge is 0.229 e. The average Bonchev–Trinajstić information content (AvgIpc) is 2.69. The van der Waals surface area contributed by atoms with Gasteiger partial charge in [-0.2, -0.15) is 0 Å². The number of amides is 2.